The summed E-state index contributed by atoms with van der Waals surface area (Å²) < 4.78 is 0. The minimum atomic E-state index is 0.133. The van der Waals surface area contributed by atoms with Gasteiger partial charge >= 0.3 is 0 Å². The lowest BCUT2D eigenvalue weighted by atomic mass is 9.87. The van der Waals surface area contributed by atoms with Crippen LogP contribution in [0.5, 0.6) is 0 Å². The zero-order chi connectivity index (χ0) is 15.3. The van der Waals surface area contributed by atoms with Gasteiger partial charge in [-0.1, -0.05) is 6.92 Å². The highest BCUT2D eigenvalue weighted by Crippen LogP contribution is 2.27. The number of hydrogen-bond acceptors (Lipinski definition) is 4. The van der Waals surface area contributed by atoms with E-state index in [2.05, 4.69) is 36.0 Å². The maximum Gasteiger partial charge on any atom is 0.0378 e. The van der Waals surface area contributed by atoms with Crippen LogP contribution in [-0.2, 0) is 6.42 Å². The summed E-state index contributed by atoms with van der Waals surface area (Å²) in [5.74, 6) is 0. The number of aromatic nitrogens is 1. The molecule has 0 saturated carbocycles. The zero-order valence-corrected chi connectivity index (χ0v) is 13.7. The Bertz CT molecular complexity index is 438. The molecule has 3 N–H and O–H groups in total. The zero-order valence-electron chi connectivity index (χ0n) is 13.7. The van der Waals surface area contributed by atoms with Gasteiger partial charge in [0.2, 0.25) is 0 Å². The van der Waals surface area contributed by atoms with Gasteiger partial charge in [0.05, 0.1) is 0 Å². The van der Waals surface area contributed by atoms with E-state index >= 15 is 0 Å². The van der Waals surface area contributed by atoms with Gasteiger partial charge < -0.3 is 11.1 Å². The Morgan fingerprint density at radius 3 is 2.71 bits per heavy atom. The molecular weight excluding hydrogens is 260 g/mol. The maximum absolute atomic E-state index is 6.11. The second-order valence-electron chi connectivity index (χ2n) is 6.63. The van der Waals surface area contributed by atoms with E-state index < -0.39 is 0 Å². The number of pyridine rings is 1. The van der Waals surface area contributed by atoms with Crippen LogP contribution >= 0.6 is 0 Å². The molecule has 1 aromatic rings. The molecular formula is C17H30N4. The standard InChI is InChI=1S/C17H30N4/c1-4-8-20-16(12-14-13-19-9-7-15(14)18)17(2,3)21-10-5-6-11-21/h7,9,13,16,20H,4-6,8,10-12H2,1-3H3,(H2,18,19). The van der Waals surface area contributed by atoms with Crippen molar-refractivity contribution in [2.24, 2.45) is 0 Å². The number of rotatable bonds is 7. The molecule has 1 aromatic heterocycles. The summed E-state index contributed by atoms with van der Waals surface area (Å²) in [4.78, 5) is 6.85. The first-order valence-corrected chi connectivity index (χ1v) is 8.22. The van der Waals surface area contributed by atoms with Gasteiger partial charge in [0, 0.05) is 29.7 Å². The van der Waals surface area contributed by atoms with E-state index in [0.717, 1.165) is 30.6 Å². The lowest BCUT2D eigenvalue weighted by molar-refractivity contribution is 0.106. The summed E-state index contributed by atoms with van der Waals surface area (Å²) in [7, 11) is 0. The Kier molecular flexibility index (Phi) is 5.59. The van der Waals surface area contributed by atoms with Crippen LogP contribution in [0.3, 0.4) is 0 Å². The van der Waals surface area contributed by atoms with Gasteiger partial charge in [-0.3, -0.25) is 9.88 Å². The number of nitrogen functional groups attached to an aromatic ring is 1. The molecule has 0 amide bonds. The van der Waals surface area contributed by atoms with Crippen LogP contribution in [0.15, 0.2) is 18.5 Å². The molecule has 4 nitrogen and oxygen atoms in total. The number of nitrogens with two attached hydrogens (primary N) is 1. The molecule has 0 bridgehead atoms. The first-order valence-electron chi connectivity index (χ1n) is 8.22. The van der Waals surface area contributed by atoms with Crippen molar-refractivity contribution in [2.75, 3.05) is 25.4 Å². The quantitative estimate of drug-likeness (QED) is 0.810. The van der Waals surface area contributed by atoms with Gasteiger partial charge in [-0.25, -0.2) is 0 Å². The molecule has 1 aliphatic rings. The Morgan fingerprint density at radius 2 is 2.10 bits per heavy atom. The number of nitrogens with one attached hydrogen (secondary N) is 1. The van der Waals surface area contributed by atoms with Crippen LogP contribution in [0.4, 0.5) is 5.69 Å². The van der Waals surface area contributed by atoms with Gasteiger partial charge in [0.15, 0.2) is 0 Å². The van der Waals surface area contributed by atoms with Crippen LogP contribution in [0, 0.1) is 0 Å². The molecule has 118 valence electrons. The minimum Gasteiger partial charge on any atom is -0.398 e. The molecule has 2 rings (SSSR count). The van der Waals surface area contributed by atoms with Gasteiger partial charge in [-0.2, -0.15) is 0 Å². The molecule has 1 unspecified atom stereocenters. The van der Waals surface area contributed by atoms with Crippen LogP contribution in [-0.4, -0.2) is 41.1 Å². The molecule has 21 heavy (non-hydrogen) atoms. The number of hydrogen-bond donors (Lipinski definition) is 2. The van der Waals surface area contributed by atoms with E-state index in [1.807, 2.05) is 12.3 Å². The topological polar surface area (TPSA) is 54.2 Å². The summed E-state index contributed by atoms with van der Waals surface area (Å²) in [5.41, 5.74) is 8.25. The molecule has 1 atom stereocenters. The number of anilines is 1. The predicted octanol–water partition coefficient (Wildman–Crippen LogP) is 2.45. The molecule has 1 aliphatic heterocycles. The molecule has 1 saturated heterocycles. The molecule has 4 heteroatoms. The highest BCUT2D eigenvalue weighted by molar-refractivity contribution is 5.44. The van der Waals surface area contributed by atoms with E-state index in [1.54, 1.807) is 6.20 Å². The van der Waals surface area contributed by atoms with Crippen molar-refractivity contribution in [1.29, 1.82) is 0 Å². The fourth-order valence-electron chi connectivity index (χ4n) is 3.23. The van der Waals surface area contributed by atoms with Crippen molar-refractivity contribution in [3.8, 4) is 0 Å². The van der Waals surface area contributed by atoms with Gasteiger partial charge in [-0.05, 0) is 70.8 Å². The lowest BCUT2D eigenvalue weighted by Gasteiger charge is -2.43. The third-order valence-corrected chi connectivity index (χ3v) is 4.78. The highest BCUT2D eigenvalue weighted by atomic mass is 15.2. The van der Waals surface area contributed by atoms with Crippen molar-refractivity contribution in [3.63, 3.8) is 0 Å². The largest absolute Gasteiger partial charge is 0.398 e. The monoisotopic (exact) mass is 290 g/mol. The Balaban J connectivity index is 2.15. The molecule has 0 aromatic carbocycles. The van der Waals surface area contributed by atoms with Crippen molar-refractivity contribution in [3.05, 3.63) is 24.0 Å². The third-order valence-electron chi connectivity index (χ3n) is 4.78. The van der Waals surface area contributed by atoms with Gasteiger partial charge in [0.25, 0.3) is 0 Å². The summed E-state index contributed by atoms with van der Waals surface area (Å²) in [6.07, 6.45) is 8.39. The third kappa shape index (κ3) is 3.95. The van der Waals surface area contributed by atoms with Crippen LogP contribution in [0.2, 0.25) is 0 Å². The Morgan fingerprint density at radius 1 is 1.38 bits per heavy atom. The van der Waals surface area contributed by atoms with Crippen molar-refractivity contribution >= 4 is 5.69 Å². The maximum atomic E-state index is 6.11. The van der Waals surface area contributed by atoms with Crippen LogP contribution in [0.25, 0.3) is 0 Å². The lowest BCUT2D eigenvalue weighted by Crippen LogP contribution is -2.58. The Labute approximate surface area is 129 Å². The molecule has 0 aliphatic carbocycles. The summed E-state index contributed by atoms with van der Waals surface area (Å²) >= 11 is 0. The predicted molar refractivity (Wildman–Crippen MR) is 89.3 cm³/mol. The second-order valence-corrected chi connectivity index (χ2v) is 6.63. The average molecular weight is 290 g/mol. The fourth-order valence-corrected chi connectivity index (χ4v) is 3.23. The minimum absolute atomic E-state index is 0.133. The SMILES string of the molecule is CCCNC(Cc1cnccc1N)C(C)(C)N1CCCC1. The van der Waals surface area contributed by atoms with Crippen molar-refractivity contribution in [1.82, 2.24) is 15.2 Å². The summed E-state index contributed by atoms with van der Waals surface area (Å²) in [5, 5.41) is 3.74. The van der Waals surface area contributed by atoms with E-state index in [-0.39, 0.29) is 5.54 Å². The molecule has 0 spiro atoms. The molecule has 2 heterocycles. The normalized spacial score (nSPS) is 18.0. The second kappa shape index (κ2) is 7.23. The van der Waals surface area contributed by atoms with E-state index in [4.69, 9.17) is 5.73 Å². The van der Waals surface area contributed by atoms with Gasteiger partial charge in [0.1, 0.15) is 0 Å². The van der Waals surface area contributed by atoms with Crippen molar-refractivity contribution < 1.29 is 0 Å². The first kappa shape index (κ1) is 16.2. The Hall–Kier alpha value is -1.13. The number of likely N-dealkylation sites (tertiary alicyclic amines) is 1. The van der Waals surface area contributed by atoms with E-state index in [9.17, 15) is 0 Å². The average Bonchev–Trinajstić information content (AvgIpc) is 3.00. The smallest absolute Gasteiger partial charge is 0.0378 e. The van der Waals surface area contributed by atoms with Crippen LogP contribution in [0.1, 0.15) is 45.6 Å². The van der Waals surface area contributed by atoms with Gasteiger partial charge in [-0.15, -0.1) is 0 Å². The van der Waals surface area contributed by atoms with E-state index in [1.165, 1.54) is 25.9 Å². The summed E-state index contributed by atoms with van der Waals surface area (Å²) in [6, 6.07) is 2.29. The van der Waals surface area contributed by atoms with E-state index in [0.29, 0.717) is 6.04 Å². The number of nitrogens with zero attached hydrogens (tertiary/aromatic N) is 2. The fraction of sp³-hybridized carbons (Fsp3) is 0.706. The first-order chi connectivity index (χ1) is 10.1. The molecule has 1 fully saturated rings. The molecule has 0 radical (unpaired) electrons. The highest BCUT2D eigenvalue weighted by Gasteiger charge is 2.36. The summed E-state index contributed by atoms with van der Waals surface area (Å²) in [6.45, 7) is 10.4. The van der Waals surface area contributed by atoms with Crippen LogP contribution < -0.4 is 11.1 Å². The van der Waals surface area contributed by atoms with Crippen molar-refractivity contribution in [2.45, 2.75) is 58.0 Å².